The van der Waals surface area contributed by atoms with Crippen molar-refractivity contribution in [1.29, 1.82) is 0 Å². The molecule has 136 valence electrons. The van der Waals surface area contributed by atoms with Crippen LogP contribution in [0.2, 0.25) is 0 Å². The fourth-order valence-electron chi connectivity index (χ4n) is 2.48. The number of carbonyl (C=O) groups excluding carboxylic acids is 2. The number of thiophene rings is 1. The van der Waals surface area contributed by atoms with Crippen LogP contribution >= 0.6 is 22.7 Å². The van der Waals surface area contributed by atoms with Crippen molar-refractivity contribution >= 4 is 49.8 Å². The van der Waals surface area contributed by atoms with Gasteiger partial charge >= 0.3 is 0 Å². The van der Waals surface area contributed by atoms with Crippen LogP contribution in [0.4, 0.5) is 5.13 Å². The summed E-state index contributed by atoms with van der Waals surface area (Å²) in [6, 6.07) is 8.50. The van der Waals surface area contributed by atoms with E-state index < -0.39 is 6.04 Å². The Balaban J connectivity index is 1.77. The van der Waals surface area contributed by atoms with Crippen LogP contribution in [-0.4, -0.2) is 29.9 Å². The molecule has 0 unspecified atom stereocenters. The van der Waals surface area contributed by atoms with E-state index in [1.54, 1.807) is 19.2 Å². The smallest absolute Gasteiger partial charge is 0.262 e. The average Bonchev–Trinajstić information content (AvgIpc) is 3.27. The van der Waals surface area contributed by atoms with Gasteiger partial charge in [0, 0.05) is 0 Å². The highest BCUT2D eigenvalue weighted by Crippen LogP contribution is 2.32. The first-order valence-electron chi connectivity index (χ1n) is 8.08. The number of nitrogens with zero attached hydrogens (tertiary/aromatic N) is 1. The van der Waals surface area contributed by atoms with E-state index in [1.165, 1.54) is 22.7 Å². The number of hydrogen-bond donors (Lipinski definition) is 2. The minimum Gasteiger partial charge on any atom is -0.494 e. The Bertz CT molecular complexity index is 919. The van der Waals surface area contributed by atoms with Crippen molar-refractivity contribution in [3.63, 3.8) is 0 Å². The van der Waals surface area contributed by atoms with Crippen LogP contribution in [-0.2, 0) is 4.79 Å². The molecule has 0 radical (unpaired) electrons. The van der Waals surface area contributed by atoms with Gasteiger partial charge in [0.2, 0.25) is 5.91 Å². The van der Waals surface area contributed by atoms with Crippen LogP contribution < -0.4 is 15.4 Å². The molecule has 8 heteroatoms. The third-order valence-electron chi connectivity index (χ3n) is 3.81. The third-order valence-corrected chi connectivity index (χ3v) is 5.62. The molecule has 0 fully saturated rings. The predicted molar refractivity (Wildman–Crippen MR) is 105 cm³/mol. The lowest BCUT2D eigenvalue weighted by atomic mass is 10.0. The number of amides is 2. The number of ether oxygens (including phenoxy) is 1. The van der Waals surface area contributed by atoms with Gasteiger partial charge in [-0.1, -0.05) is 37.3 Å². The highest BCUT2D eigenvalue weighted by molar-refractivity contribution is 7.22. The Kier molecular flexibility index (Phi) is 5.53. The maximum atomic E-state index is 12.7. The minimum atomic E-state index is -0.654. The van der Waals surface area contributed by atoms with E-state index in [1.807, 2.05) is 37.4 Å². The Morgan fingerprint density at radius 1 is 1.19 bits per heavy atom. The second-order valence-corrected chi connectivity index (χ2v) is 7.97. The summed E-state index contributed by atoms with van der Waals surface area (Å²) in [5.74, 6) is 0.0521. The quantitative estimate of drug-likeness (QED) is 0.673. The van der Waals surface area contributed by atoms with Crippen molar-refractivity contribution in [3.8, 4) is 5.75 Å². The molecule has 2 aromatic heterocycles. The van der Waals surface area contributed by atoms with E-state index in [-0.39, 0.29) is 17.7 Å². The summed E-state index contributed by atoms with van der Waals surface area (Å²) < 4.78 is 6.22. The topological polar surface area (TPSA) is 80.3 Å². The molecule has 1 atom stereocenters. The predicted octanol–water partition coefficient (Wildman–Crippen LogP) is 3.76. The number of aromatic nitrogens is 1. The number of anilines is 1. The van der Waals surface area contributed by atoms with E-state index in [4.69, 9.17) is 4.74 Å². The fraction of sp³-hybridized carbons (Fsp3) is 0.278. The summed E-state index contributed by atoms with van der Waals surface area (Å²) in [5.41, 5.74) is 0.707. The van der Waals surface area contributed by atoms with E-state index in [2.05, 4.69) is 15.6 Å². The van der Waals surface area contributed by atoms with Gasteiger partial charge in [0.05, 0.1) is 16.7 Å². The number of para-hydroxylation sites is 1. The lowest BCUT2D eigenvalue weighted by Crippen LogP contribution is -2.46. The Morgan fingerprint density at radius 3 is 2.65 bits per heavy atom. The zero-order chi connectivity index (χ0) is 18.7. The van der Waals surface area contributed by atoms with Crippen molar-refractivity contribution in [1.82, 2.24) is 10.3 Å². The average molecular weight is 390 g/mol. The maximum Gasteiger partial charge on any atom is 0.262 e. The van der Waals surface area contributed by atoms with Crippen LogP contribution in [0.3, 0.4) is 0 Å². The van der Waals surface area contributed by atoms with Gasteiger partial charge in [0.1, 0.15) is 17.3 Å². The van der Waals surface area contributed by atoms with Crippen molar-refractivity contribution < 1.29 is 14.3 Å². The summed E-state index contributed by atoms with van der Waals surface area (Å²) in [5, 5.41) is 7.93. The number of thiazole rings is 1. The number of fused-ring (bicyclic) bond motifs is 1. The van der Waals surface area contributed by atoms with Crippen LogP contribution in [0.25, 0.3) is 10.2 Å². The number of methoxy groups -OCH3 is 1. The molecule has 0 aliphatic rings. The van der Waals surface area contributed by atoms with Gasteiger partial charge in [-0.15, -0.1) is 11.3 Å². The molecule has 26 heavy (non-hydrogen) atoms. The molecule has 1 aromatic carbocycles. The molecule has 3 aromatic rings. The number of nitrogens with one attached hydrogen (secondary N) is 2. The van der Waals surface area contributed by atoms with Crippen LogP contribution in [0.1, 0.15) is 23.5 Å². The lowest BCUT2D eigenvalue weighted by Gasteiger charge is -2.20. The lowest BCUT2D eigenvalue weighted by molar-refractivity contribution is -0.118. The number of benzene rings is 1. The van der Waals surface area contributed by atoms with Crippen molar-refractivity contribution in [2.24, 2.45) is 5.92 Å². The van der Waals surface area contributed by atoms with Crippen molar-refractivity contribution in [3.05, 3.63) is 40.6 Å². The summed E-state index contributed by atoms with van der Waals surface area (Å²) in [6.45, 7) is 3.78. The second kappa shape index (κ2) is 7.84. The molecular formula is C18H19N3O3S2. The van der Waals surface area contributed by atoms with Crippen molar-refractivity contribution in [2.75, 3.05) is 12.4 Å². The van der Waals surface area contributed by atoms with Crippen LogP contribution in [0.15, 0.2) is 35.7 Å². The Hall–Kier alpha value is -2.45. The van der Waals surface area contributed by atoms with Gasteiger partial charge in [0.25, 0.3) is 5.91 Å². The summed E-state index contributed by atoms with van der Waals surface area (Å²) in [6.07, 6.45) is 0. The largest absolute Gasteiger partial charge is 0.494 e. The minimum absolute atomic E-state index is 0.0668. The van der Waals surface area contributed by atoms with E-state index in [0.29, 0.717) is 21.3 Å². The van der Waals surface area contributed by atoms with E-state index in [9.17, 15) is 9.59 Å². The molecule has 0 aliphatic heterocycles. The SMILES string of the molecule is COc1cccc2sc(NC(=O)[C@H](NC(=O)c3cccs3)C(C)C)nc12. The molecule has 0 spiro atoms. The molecular weight excluding hydrogens is 370 g/mol. The second-order valence-electron chi connectivity index (χ2n) is 5.99. The monoisotopic (exact) mass is 389 g/mol. The summed E-state index contributed by atoms with van der Waals surface area (Å²) >= 11 is 2.71. The van der Waals surface area contributed by atoms with Crippen molar-refractivity contribution in [2.45, 2.75) is 19.9 Å². The standard InChI is InChI=1S/C18H19N3O3S2/c1-10(2)14(19-16(22)13-8-5-9-25-13)17(23)21-18-20-15-11(24-3)6-4-7-12(15)26-18/h4-10,14H,1-3H3,(H,19,22)(H,20,21,23)/t14-/m1/s1. The first-order chi connectivity index (χ1) is 12.5. The molecule has 0 saturated carbocycles. The summed E-state index contributed by atoms with van der Waals surface area (Å²) in [7, 11) is 1.58. The van der Waals surface area contributed by atoms with Gasteiger partial charge in [-0.3, -0.25) is 9.59 Å². The molecule has 6 nitrogen and oxygen atoms in total. The van der Waals surface area contributed by atoms with Gasteiger partial charge in [-0.2, -0.15) is 0 Å². The van der Waals surface area contributed by atoms with E-state index in [0.717, 1.165) is 4.70 Å². The number of carbonyl (C=O) groups is 2. The molecule has 0 bridgehead atoms. The molecule has 0 saturated heterocycles. The highest BCUT2D eigenvalue weighted by Gasteiger charge is 2.26. The maximum absolute atomic E-state index is 12.7. The van der Waals surface area contributed by atoms with Gasteiger partial charge < -0.3 is 15.4 Å². The first-order valence-corrected chi connectivity index (χ1v) is 9.78. The molecule has 2 N–H and O–H groups in total. The third kappa shape index (κ3) is 3.86. The summed E-state index contributed by atoms with van der Waals surface area (Å²) in [4.78, 5) is 30.0. The van der Waals surface area contributed by atoms with E-state index >= 15 is 0 Å². The molecule has 0 aliphatic carbocycles. The van der Waals surface area contributed by atoms with Crippen LogP contribution in [0.5, 0.6) is 5.75 Å². The van der Waals surface area contributed by atoms with Gasteiger partial charge in [-0.05, 0) is 29.5 Å². The molecule has 3 rings (SSSR count). The molecule has 2 heterocycles. The zero-order valence-corrected chi connectivity index (χ0v) is 16.2. The first kappa shape index (κ1) is 18.3. The zero-order valence-electron chi connectivity index (χ0n) is 14.6. The fourth-order valence-corrected chi connectivity index (χ4v) is 3.99. The van der Waals surface area contributed by atoms with Crippen LogP contribution in [0, 0.1) is 5.92 Å². The van der Waals surface area contributed by atoms with Gasteiger partial charge in [0.15, 0.2) is 5.13 Å². The number of hydrogen-bond acceptors (Lipinski definition) is 6. The number of rotatable bonds is 6. The Labute approximate surface area is 159 Å². The van der Waals surface area contributed by atoms with Gasteiger partial charge in [-0.25, -0.2) is 4.98 Å². The highest BCUT2D eigenvalue weighted by atomic mass is 32.1. The normalized spacial score (nSPS) is 12.2. The Morgan fingerprint density at radius 2 is 2.00 bits per heavy atom. The molecule has 2 amide bonds.